The van der Waals surface area contributed by atoms with Crippen LogP contribution in [0.5, 0.6) is 5.75 Å². The fraction of sp³-hybridized carbons (Fsp3) is 0.238. The zero-order chi connectivity index (χ0) is 21.1. The summed E-state index contributed by atoms with van der Waals surface area (Å²) in [5, 5.41) is 13.0. The highest BCUT2D eigenvalue weighted by molar-refractivity contribution is 7.98. The molecular weight excluding hydrogens is 400 g/mol. The maximum atomic E-state index is 6.18. The predicted octanol–water partition coefficient (Wildman–Crippen LogP) is 4.13. The van der Waals surface area contributed by atoms with E-state index in [-0.39, 0.29) is 0 Å². The Kier molecular flexibility index (Phi) is 5.71. The zero-order valence-electron chi connectivity index (χ0n) is 16.9. The van der Waals surface area contributed by atoms with Crippen LogP contribution in [-0.4, -0.2) is 32.1 Å². The molecule has 154 valence electrons. The van der Waals surface area contributed by atoms with Gasteiger partial charge in [0.25, 0.3) is 0 Å². The molecule has 8 nitrogen and oxygen atoms in total. The highest BCUT2D eigenvalue weighted by Gasteiger charge is 2.15. The zero-order valence-corrected chi connectivity index (χ0v) is 17.8. The summed E-state index contributed by atoms with van der Waals surface area (Å²) in [6, 6.07) is 15.7. The molecule has 0 saturated heterocycles. The Bertz CT molecular complexity index is 1120. The van der Waals surface area contributed by atoms with Gasteiger partial charge in [0, 0.05) is 11.1 Å². The van der Waals surface area contributed by atoms with E-state index in [0.717, 1.165) is 16.9 Å². The first kappa shape index (κ1) is 20.0. The van der Waals surface area contributed by atoms with Crippen molar-refractivity contribution < 1.29 is 9.26 Å². The molecule has 0 aliphatic heterocycles. The highest BCUT2D eigenvalue weighted by Crippen LogP contribution is 2.26. The molecule has 2 aromatic heterocycles. The first-order chi connectivity index (χ1) is 14.5. The van der Waals surface area contributed by atoms with E-state index in [4.69, 9.17) is 15.1 Å². The van der Waals surface area contributed by atoms with Crippen molar-refractivity contribution in [1.82, 2.24) is 25.0 Å². The van der Waals surface area contributed by atoms with Crippen LogP contribution in [0.15, 0.2) is 58.2 Å². The van der Waals surface area contributed by atoms with Gasteiger partial charge in [-0.3, -0.25) is 0 Å². The van der Waals surface area contributed by atoms with Gasteiger partial charge in [0.15, 0.2) is 5.82 Å². The molecule has 0 amide bonds. The average Bonchev–Trinajstić information content (AvgIpc) is 3.39. The fourth-order valence-corrected chi connectivity index (χ4v) is 3.58. The third kappa shape index (κ3) is 4.16. The maximum absolute atomic E-state index is 6.18. The van der Waals surface area contributed by atoms with Crippen LogP contribution in [0.25, 0.3) is 22.8 Å². The standard InChI is InChI=1S/C21H22N6O2S/c1-13(2)14-4-6-15(7-5-14)19-23-18(29-26-19)12-30-21-25-24-20(27(21)22)16-8-10-17(28-3)11-9-16/h4-11,13H,12,22H2,1-3H3. The Hall–Kier alpha value is -3.33. The molecule has 0 radical (unpaired) electrons. The van der Waals surface area contributed by atoms with Gasteiger partial charge < -0.3 is 15.1 Å². The summed E-state index contributed by atoms with van der Waals surface area (Å²) >= 11 is 1.38. The van der Waals surface area contributed by atoms with E-state index in [9.17, 15) is 0 Å². The average molecular weight is 423 g/mol. The predicted molar refractivity (Wildman–Crippen MR) is 116 cm³/mol. The van der Waals surface area contributed by atoms with Gasteiger partial charge in [0.1, 0.15) is 5.75 Å². The van der Waals surface area contributed by atoms with Crippen LogP contribution < -0.4 is 10.6 Å². The summed E-state index contributed by atoms with van der Waals surface area (Å²) in [6.07, 6.45) is 0. The first-order valence-corrected chi connectivity index (χ1v) is 10.4. The summed E-state index contributed by atoms with van der Waals surface area (Å²) in [6.45, 7) is 4.32. The van der Waals surface area contributed by atoms with Crippen molar-refractivity contribution in [2.24, 2.45) is 0 Å². The number of benzene rings is 2. The van der Waals surface area contributed by atoms with Crippen LogP contribution in [0.2, 0.25) is 0 Å². The monoisotopic (exact) mass is 422 g/mol. The number of nitrogens with zero attached hydrogens (tertiary/aromatic N) is 5. The maximum Gasteiger partial charge on any atom is 0.237 e. The lowest BCUT2D eigenvalue weighted by atomic mass is 10.0. The van der Waals surface area contributed by atoms with Crippen molar-refractivity contribution in [1.29, 1.82) is 0 Å². The molecule has 0 aliphatic carbocycles. The topological polar surface area (TPSA) is 105 Å². The molecular formula is C21H22N6O2S. The SMILES string of the molecule is COc1ccc(-c2nnc(SCc3nc(-c4ccc(C(C)C)cc4)no3)n2N)cc1. The Balaban J connectivity index is 1.43. The van der Waals surface area contributed by atoms with E-state index in [2.05, 4.69) is 46.3 Å². The number of hydrogen-bond donors (Lipinski definition) is 1. The number of aromatic nitrogens is 5. The molecule has 4 aromatic rings. The number of nitrogen functional groups attached to an aromatic ring is 1. The molecule has 2 N–H and O–H groups in total. The van der Waals surface area contributed by atoms with Gasteiger partial charge in [-0.25, -0.2) is 4.68 Å². The molecule has 30 heavy (non-hydrogen) atoms. The quantitative estimate of drug-likeness (QED) is 0.350. The van der Waals surface area contributed by atoms with E-state index < -0.39 is 0 Å². The van der Waals surface area contributed by atoms with Gasteiger partial charge in [-0.1, -0.05) is 55.0 Å². The Morgan fingerprint density at radius 3 is 2.40 bits per heavy atom. The van der Waals surface area contributed by atoms with Gasteiger partial charge in [-0.05, 0) is 35.7 Å². The van der Waals surface area contributed by atoms with E-state index >= 15 is 0 Å². The van der Waals surface area contributed by atoms with Gasteiger partial charge in [-0.2, -0.15) is 4.98 Å². The van der Waals surface area contributed by atoms with Crippen LogP contribution in [0.1, 0.15) is 31.2 Å². The third-order valence-corrected chi connectivity index (χ3v) is 5.57. The van der Waals surface area contributed by atoms with Crippen LogP contribution in [0, 0.1) is 0 Å². The molecule has 4 rings (SSSR count). The number of hydrogen-bond acceptors (Lipinski definition) is 8. The van der Waals surface area contributed by atoms with Crippen molar-refractivity contribution in [2.45, 2.75) is 30.7 Å². The minimum Gasteiger partial charge on any atom is -0.497 e. The van der Waals surface area contributed by atoms with Crippen LogP contribution in [-0.2, 0) is 5.75 Å². The second-order valence-corrected chi connectivity index (χ2v) is 7.92. The molecule has 0 bridgehead atoms. The Morgan fingerprint density at radius 1 is 1.03 bits per heavy atom. The second-order valence-electron chi connectivity index (χ2n) is 6.98. The molecule has 0 spiro atoms. The molecule has 0 unspecified atom stereocenters. The Labute approximate surface area is 178 Å². The number of ether oxygens (including phenoxy) is 1. The van der Waals surface area contributed by atoms with Gasteiger partial charge in [0.05, 0.1) is 12.9 Å². The molecule has 0 atom stereocenters. The number of nitrogens with two attached hydrogens (primary N) is 1. The lowest BCUT2D eigenvalue weighted by Gasteiger charge is -2.04. The van der Waals surface area contributed by atoms with E-state index in [0.29, 0.717) is 34.4 Å². The molecule has 9 heteroatoms. The van der Waals surface area contributed by atoms with Gasteiger partial charge in [0.2, 0.25) is 16.9 Å². The van der Waals surface area contributed by atoms with E-state index in [1.807, 2.05) is 36.4 Å². The van der Waals surface area contributed by atoms with Gasteiger partial charge in [-0.15, -0.1) is 10.2 Å². The minimum absolute atomic E-state index is 0.440. The van der Waals surface area contributed by atoms with Crippen molar-refractivity contribution in [2.75, 3.05) is 13.0 Å². The third-order valence-electron chi connectivity index (χ3n) is 4.64. The Morgan fingerprint density at radius 2 is 1.73 bits per heavy atom. The molecule has 0 aliphatic rings. The summed E-state index contributed by atoms with van der Waals surface area (Å²) in [5.74, 6) is 9.49. The number of thioether (sulfide) groups is 1. The van der Waals surface area contributed by atoms with E-state index in [1.165, 1.54) is 22.0 Å². The normalized spacial score (nSPS) is 11.2. The molecule has 2 heterocycles. The first-order valence-electron chi connectivity index (χ1n) is 9.45. The van der Waals surface area contributed by atoms with Crippen LogP contribution >= 0.6 is 11.8 Å². The van der Waals surface area contributed by atoms with Crippen LogP contribution in [0.3, 0.4) is 0 Å². The van der Waals surface area contributed by atoms with Crippen molar-refractivity contribution >= 4 is 11.8 Å². The lowest BCUT2D eigenvalue weighted by molar-refractivity contribution is 0.391. The second kappa shape index (κ2) is 8.58. The van der Waals surface area contributed by atoms with Gasteiger partial charge >= 0.3 is 0 Å². The van der Waals surface area contributed by atoms with Crippen molar-refractivity contribution in [3.8, 4) is 28.5 Å². The summed E-state index contributed by atoms with van der Waals surface area (Å²) in [7, 11) is 1.62. The summed E-state index contributed by atoms with van der Waals surface area (Å²) in [4.78, 5) is 4.47. The number of rotatable bonds is 7. The smallest absolute Gasteiger partial charge is 0.237 e. The molecule has 0 saturated carbocycles. The summed E-state index contributed by atoms with van der Waals surface area (Å²) < 4.78 is 12.0. The number of methoxy groups -OCH3 is 1. The van der Waals surface area contributed by atoms with Crippen LogP contribution in [0.4, 0.5) is 0 Å². The highest BCUT2D eigenvalue weighted by atomic mass is 32.2. The summed E-state index contributed by atoms with van der Waals surface area (Å²) in [5.41, 5.74) is 3.04. The lowest BCUT2D eigenvalue weighted by Crippen LogP contribution is -2.11. The largest absolute Gasteiger partial charge is 0.497 e. The fourth-order valence-electron chi connectivity index (χ4n) is 2.89. The van der Waals surface area contributed by atoms with Crippen molar-refractivity contribution in [3.05, 3.63) is 60.0 Å². The van der Waals surface area contributed by atoms with E-state index in [1.54, 1.807) is 7.11 Å². The molecule has 0 fully saturated rings. The van der Waals surface area contributed by atoms with Crippen molar-refractivity contribution in [3.63, 3.8) is 0 Å². The molecule has 2 aromatic carbocycles. The minimum atomic E-state index is 0.440.